The van der Waals surface area contributed by atoms with Crippen LogP contribution >= 0.6 is 0 Å². The average Bonchev–Trinajstić information content (AvgIpc) is 3.20. The summed E-state index contributed by atoms with van der Waals surface area (Å²) in [5.41, 5.74) is -0.300. The Morgan fingerprint density at radius 2 is 1.51 bits per heavy atom. The van der Waals surface area contributed by atoms with Crippen LogP contribution in [0.15, 0.2) is 0 Å². The lowest BCUT2D eigenvalue weighted by Gasteiger charge is -2.64. The molecule has 0 N–H and O–H groups in total. The summed E-state index contributed by atoms with van der Waals surface area (Å²) >= 11 is 0. The second kappa shape index (κ2) is 11.4. The number of fused-ring (bicyclic) bond motifs is 5. The van der Waals surface area contributed by atoms with Crippen LogP contribution in [0.2, 0.25) is 0 Å². The lowest BCUT2D eigenvalue weighted by atomic mass is 9.43. The van der Waals surface area contributed by atoms with E-state index in [1.165, 1.54) is 27.9 Å². The van der Waals surface area contributed by atoms with Crippen molar-refractivity contribution < 1.29 is 38.1 Å². The summed E-state index contributed by atoms with van der Waals surface area (Å²) in [4.78, 5) is 48.5. The maximum absolute atomic E-state index is 12.5. The molecule has 39 heavy (non-hydrogen) atoms. The highest BCUT2D eigenvalue weighted by Crippen LogP contribution is 2.69. The van der Waals surface area contributed by atoms with E-state index in [1.54, 1.807) is 0 Å². The van der Waals surface area contributed by atoms with Crippen molar-refractivity contribution in [1.29, 1.82) is 0 Å². The fourth-order valence-electron chi connectivity index (χ4n) is 9.77. The van der Waals surface area contributed by atoms with E-state index in [0.717, 1.165) is 51.4 Å². The largest absolute Gasteiger partial charge is 0.469 e. The number of hydrogen-bond donors (Lipinski definition) is 0. The van der Waals surface area contributed by atoms with Crippen molar-refractivity contribution in [2.75, 3.05) is 7.11 Å². The smallest absolute Gasteiger partial charge is 0.305 e. The predicted octanol–water partition coefficient (Wildman–Crippen LogP) is 5.25. The van der Waals surface area contributed by atoms with Gasteiger partial charge < -0.3 is 18.9 Å². The molecule has 0 aromatic rings. The minimum atomic E-state index is -0.279. The normalized spacial score (nSPS) is 41.7. The SMILES string of the molecule is COC(=O)CC[C@@H](C)[C@H]1CC[C@@H]2[C@@H]3[C@H](OC(C)=O)C[C@@H]4C[C@H](OC(C)=O)CC[C@]4(C)[C@H]3C[C@H](OC(C)=O)[C@@]21C. The third-order valence-electron chi connectivity index (χ3n) is 11.4. The van der Waals surface area contributed by atoms with E-state index in [0.29, 0.717) is 6.42 Å². The van der Waals surface area contributed by atoms with Crippen molar-refractivity contribution in [3.63, 3.8) is 0 Å². The molecule has 0 radical (unpaired) electrons. The van der Waals surface area contributed by atoms with Gasteiger partial charge in [0, 0.05) is 38.5 Å². The van der Waals surface area contributed by atoms with Crippen LogP contribution < -0.4 is 0 Å². The average molecular weight is 549 g/mol. The van der Waals surface area contributed by atoms with Gasteiger partial charge in [0.05, 0.1) is 7.11 Å². The first-order valence-electron chi connectivity index (χ1n) is 14.9. The number of carbonyl (C=O) groups excluding carboxylic acids is 4. The molecule has 0 heterocycles. The Hall–Kier alpha value is -2.12. The van der Waals surface area contributed by atoms with Gasteiger partial charge in [0.15, 0.2) is 0 Å². The van der Waals surface area contributed by atoms with Crippen molar-refractivity contribution in [2.45, 2.75) is 118 Å². The van der Waals surface area contributed by atoms with Crippen LogP contribution in [0.25, 0.3) is 0 Å². The molecule has 11 atom stereocenters. The third-order valence-corrected chi connectivity index (χ3v) is 11.4. The number of rotatable bonds is 7. The van der Waals surface area contributed by atoms with Crippen LogP contribution in [-0.4, -0.2) is 49.3 Å². The topological polar surface area (TPSA) is 105 Å². The van der Waals surface area contributed by atoms with E-state index in [1.807, 2.05) is 0 Å². The molecule has 4 fully saturated rings. The van der Waals surface area contributed by atoms with Gasteiger partial charge in [0.1, 0.15) is 18.3 Å². The zero-order chi connectivity index (χ0) is 28.7. The summed E-state index contributed by atoms with van der Waals surface area (Å²) in [6.45, 7) is 11.3. The van der Waals surface area contributed by atoms with Gasteiger partial charge in [-0.1, -0.05) is 20.8 Å². The maximum Gasteiger partial charge on any atom is 0.305 e. The van der Waals surface area contributed by atoms with Gasteiger partial charge in [0.25, 0.3) is 0 Å². The zero-order valence-electron chi connectivity index (χ0n) is 24.8. The molecule has 8 heteroatoms. The third kappa shape index (κ3) is 5.58. The van der Waals surface area contributed by atoms with E-state index in [4.69, 9.17) is 18.9 Å². The monoisotopic (exact) mass is 548 g/mol. The van der Waals surface area contributed by atoms with E-state index in [9.17, 15) is 19.2 Å². The molecule has 4 saturated carbocycles. The van der Waals surface area contributed by atoms with Crippen molar-refractivity contribution in [3.8, 4) is 0 Å². The van der Waals surface area contributed by atoms with E-state index in [-0.39, 0.29) is 88.5 Å². The van der Waals surface area contributed by atoms with Crippen LogP contribution in [0.1, 0.15) is 99.3 Å². The molecule has 4 aliphatic carbocycles. The van der Waals surface area contributed by atoms with Gasteiger partial charge in [-0.3, -0.25) is 19.2 Å². The minimum Gasteiger partial charge on any atom is -0.469 e. The Morgan fingerprint density at radius 3 is 2.13 bits per heavy atom. The molecular formula is C31H48O8. The molecule has 0 aromatic carbocycles. The van der Waals surface area contributed by atoms with Crippen molar-refractivity contribution in [3.05, 3.63) is 0 Å². The van der Waals surface area contributed by atoms with Crippen molar-refractivity contribution in [2.24, 2.45) is 46.3 Å². The molecule has 0 aliphatic heterocycles. The summed E-state index contributed by atoms with van der Waals surface area (Å²) < 4.78 is 22.8. The van der Waals surface area contributed by atoms with Crippen LogP contribution in [-0.2, 0) is 38.1 Å². The molecule has 0 saturated heterocycles. The second-order valence-electron chi connectivity index (χ2n) is 13.4. The van der Waals surface area contributed by atoms with Crippen LogP contribution in [0.3, 0.4) is 0 Å². The van der Waals surface area contributed by atoms with Gasteiger partial charge in [-0.25, -0.2) is 0 Å². The highest BCUT2D eigenvalue weighted by molar-refractivity contribution is 5.69. The molecule has 0 unspecified atom stereocenters. The molecule has 220 valence electrons. The lowest BCUT2D eigenvalue weighted by molar-refractivity contribution is -0.224. The lowest BCUT2D eigenvalue weighted by Crippen LogP contribution is -2.63. The van der Waals surface area contributed by atoms with Gasteiger partial charge in [-0.05, 0) is 86.4 Å². The molecule has 0 bridgehead atoms. The van der Waals surface area contributed by atoms with Gasteiger partial charge >= 0.3 is 23.9 Å². The number of carbonyl (C=O) groups is 4. The Kier molecular flexibility index (Phi) is 8.73. The van der Waals surface area contributed by atoms with Crippen LogP contribution in [0.4, 0.5) is 0 Å². The number of ether oxygens (including phenoxy) is 4. The van der Waals surface area contributed by atoms with E-state index >= 15 is 0 Å². The summed E-state index contributed by atoms with van der Waals surface area (Å²) in [7, 11) is 1.42. The first-order chi connectivity index (χ1) is 18.3. The minimum absolute atomic E-state index is 0.0215. The predicted molar refractivity (Wildman–Crippen MR) is 143 cm³/mol. The molecule has 4 aliphatic rings. The van der Waals surface area contributed by atoms with Gasteiger partial charge in [0.2, 0.25) is 0 Å². The molecule has 0 amide bonds. The van der Waals surface area contributed by atoms with E-state index < -0.39 is 0 Å². The molecule has 8 nitrogen and oxygen atoms in total. The molecular weight excluding hydrogens is 500 g/mol. The fourth-order valence-corrected chi connectivity index (χ4v) is 9.77. The Bertz CT molecular complexity index is 962. The Balaban J connectivity index is 1.70. The fraction of sp³-hybridized carbons (Fsp3) is 0.871. The Morgan fingerprint density at radius 1 is 0.846 bits per heavy atom. The van der Waals surface area contributed by atoms with Gasteiger partial charge in [-0.15, -0.1) is 0 Å². The molecule has 0 aromatic heterocycles. The highest BCUT2D eigenvalue weighted by atomic mass is 16.6. The standard InChI is InChI=1S/C31H48O8/c1-17(8-11-28(35)36-7)23-9-10-24-29-25(16-27(31(23,24)6)39-20(4)34)30(5)13-12-22(37-18(2)32)14-21(30)15-26(29)38-19(3)33/h17,21-27,29H,8-16H2,1-7H3/t17-,21+,22-,23-,24-,25+,26-,27+,29+,30+,31-/m1/s1. The van der Waals surface area contributed by atoms with Crippen LogP contribution in [0, 0.1) is 46.3 Å². The highest BCUT2D eigenvalue weighted by Gasteiger charge is 2.67. The number of esters is 4. The first kappa shape index (κ1) is 29.9. The second-order valence-corrected chi connectivity index (χ2v) is 13.4. The summed E-state index contributed by atoms with van der Waals surface area (Å²) in [6, 6.07) is 0. The molecule has 0 spiro atoms. The van der Waals surface area contributed by atoms with Crippen LogP contribution in [0.5, 0.6) is 0 Å². The molecule has 4 rings (SSSR count). The summed E-state index contributed by atoms with van der Waals surface area (Å²) in [5.74, 6) is 0.438. The zero-order valence-corrected chi connectivity index (χ0v) is 24.8. The van der Waals surface area contributed by atoms with Crippen molar-refractivity contribution in [1.82, 2.24) is 0 Å². The maximum atomic E-state index is 12.5. The number of methoxy groups -OCH3 is 1. The first-order valence-corrected chi connectivity index (χ1v) is 14.9. The number of hydrogen-bond acceptors (Lipinski definition) is 8. The summed E-state index contributed by atoms with van der Waals surface area (Å²) in [6.07, 6.45) is 6.53. The van der Waals surface area contributed by atoms with Crippen molar-refractivity contribution >= 4 is 23.9 Å². The van der Waals surface area contributed by atoms with E-state index in [2.05, 4.69) is 20.8 Å². The summed E-state index contributed by atoms with van der Waals surface area (Å²) in [5, 5.41) is 0. The quantitative estimate of drug-likeness (QED) is 0.314. The van der Waals surface area contributed by atoms with Gasteiger partial charge in [-0.2, -0.15) is 0 Å². The Labute approximate surface area is 233 Å².